The fraction of sp³-hybridized carbons (Fsp3) is 0.368. The van der Waals surface area contributed by atoms with E-state index in [4.69, 9.17) is 0 Å². The molecule has 5 heteroatoms. The first kappa shape index (κ1) is 16.5. The number of aliphatic hydroxyl groups is 1. The first-order chi connectivity index (χ1) is 11.6. The summed E-state index contributed by atoms with van der Waals surface area (Å²) in [5.74, 6) is -0.188. The first-order valence-electron chi connectivity index (χ1n) is 8.32. The molecule has 24 heavy (non-hydrogen) atoms. The zero-order valence-electron chi connectivity index (χ0n) is 13.7. The van der Waals surface area contributed by atoms with Crippen molar-refractivity contribution in [3.63, 3.8) is 0 Å². The van der Waals surface area contributed by atoms with Gasteiger partial charge in [-0.1, -0.05) is 30.3 Å². The lowest BCUT2D eigenvalue weighted by Crippen LogP contribution is -2.44. The number of benzene rings is 1. The first-order valence-corrected chi connectivity index (χ1v) is 8.32. The van der Waals surface area contributed by atoms with E-state index < -0.39 is 6.10 Å². The Labute approximate surface area is 140 Å². The van der Waals surface area contributed by atoms with Crippen LogP contribution in [0.1, 0.15) is 30.1 Å². The fourth-order valence-electron chi connectivity index (χ4n) is 3.19. The maximum atomic E-state index is 12.7. The van der Waals surface area contributed by atoms with Crippen LogP contribution in [-0.2, 0) is 0 Å². The fourth-order valence-corrected chi connectivity index (χ4v) is 3.19. The molecule has 2 heterocycles. The van der Waals surface area contributed by atoms with Gasteiger partial charge in [-0.25, -0.2) is 0 Å². The van der Waals surface area contributed by atoms with Gasteiger partial charge >= 0.3 is 0 Å². The second-order valence-electron chi connectivity index (χ2n) is 6.37. The predicted molar refractivity (Wildman–Crippen MR) is 92.8 cm³/mol. The number of aromatic amines is 1. The standard InChI is InChI=1S/C19H22N2O3/c1-13(22)15-8-5-11-21(12-15)19(24)16-9-10-17(20-18(16)23)14-6-3-2-4-7-14/h2-4,6-7,9-10,13,15,22H,5,8,11-12H2,1H3,(H,20,23). The van der Waals surface area contributed by atoms with Crippen molar-refractivity contribution in [3.8, 4) is 11.3 Å². The number of amides is 1. The highest BCUT2D eigenvalue weighted by atomic mass is 16.3. The molecule has 5 nitrogen and oxygen atoms in total. The van der Waals surface area contributed by atoms with Gasteiger partial charge < -0.3 is 15.0 Å². The van der Waals surface area contributed by atoms with E-state index in [1.807, 2.05) is 30.3 Å². The number of carbonyl (C=O) groups excluding carboxylic acids is 1. The van der Waals surface area contributed by atoms with E-state index in [0.717, 1.165) is 18.4 Å². The smallest absolute Gasteiger partial charge is 0.261 e. The number of likely N-dealkylation sites (tertiary alicyclic amines) is 1. The molecule has 3 rings (SSSR count). The Balaban J connectivity index is 1.82. The lowest BCUT2D eigenvalue weighted by Gasteiger charge is -2.34. The van der Waals surface area contributed by atoms with E-state index in [1.54, 1.807) is 24.0 Å². The topological polar surface area (TPSA) is 73.4 Å². The molecule has 1 aromatic carbocycles. The minimum Gasteiger partial charge on any atom is -0.393 e. The van der Waals surface area contributed by atoms with Crippen LogP contribution in [-0.4, -0.2) is 40.1 Å². The van der Waals surface area contributed by atoms with Gasteiger partial charge in [-0.2, -0.15) is 0 Å². The Hall–Kier alpha value is -2.40. The van der Waals surface area contributed by atoms with Crippen LogP contribution in [0.5, 0.6) is 0 Å². The largest absolute Gasteiger partial charge is 0.393 e. The maximum absolute atomic E-state index is 12.7. The summed E-state index contributed by atoms with van der Waals surface area (Å²) in [7, 11) is 0. The number of rotatable bonds is 3. The number of hydrogen-bond donors (Lipinski definition) is 2. The normalized spacial score (nSPS) is 19.1. The third-order valence-corrected chi connectivity index (χ3v) is 4.65. The van der Waals surface area contributed by atoms with Crippen LogP contribution in [0.2, 0.25) is 0 Å². The number of pyridine rings is 1. The average molecular weight is 326 g/mol. The second kappa shape index (κ2) is 7.01. The molecular weight excluding hydrogens is 304 g/mol. The van der Waals surface area contributed by atoms with Gasteiger partial charge in [-0.15, -0.1) is 0 Å². The van der Waals surface area contributed by atoms with Crippen LogP contribution in [0.3, 0.4) is 0 Å². The molecule has 0 spiro atoms. The summed E-state index contributed by atoms with van der Waals surface area (Å²) < 4.78 is 0. The number of piperidine rings is 1. The van der Waals surface area contributed by atoms with Crippen LogP contribution in [0.15, 0.2) is 47.3 Å². The average Bonchev–Trinajstić information content (AvgIpc) is 2.62. The summed E-state index contributed by atoms with van der Waals surface area (Å²) in [5.41, 5.74) is 1.37. The molecule has 1 saturated heterocycles. The minimum atomic E-state index is -0.445. The summed E-state index contributed by atoms with van der Waals surface area (Å²) in [4.78, 5) is 29.5. The summed E-state index contributed by atoms with van der Waals surface area (Å²) in [6.45, 7) is 2.87. The van der Waals surface area contributed by atoms with Gasteiger partial charge in [0.25, 0.3) is 11.5 Å². The van der Waals surface area contributed by atoms with Gasteiger partial charge in [-0.05, 0) is 37.5 Å². The van der Waals surface area contributed by atoms with Crippen molar-refractivity contribution < 1.29 is 9.90 Å². The molecule has 1 aliphatic heterocycles. The Morgan fingerprint density at radius 1 is 1.25 bits per heavy atom. The number of nitrogens with zero attached hydrogens (tertiary/aromatic N) is 1. The van der Waals surface area contributed by atoms with Crippen molar-refractivity contribution in [1.29, 1.82) is 0 Å². The lowest BCUT2D eigenvalue weighted by atomic mass is 9.93. The van der Waals surface area contributed by atoms with Crippen molar-refractivity contribution in [2.24, 2.45) is 5.92 Å². The van der Waals surface area contributed by atoms with Crippen LogP contribution >= 0.6 is 0 Å². The number of nitrogens with one attached hydrogen (secondary N) is 1. The molecule has 0 saturated carbocycles. The van der Waals surface area contributed by atoms with Crippen molar-refractivity contribution in [3.05, 3.63) is 58.4 Å². The number of carbonyl (C=O) groups is 1. The molecule has 1 aromatic heterocycles. The van der Waals surface area contributed by atoms with Crippen LogP contribution in [0, 0.1) is 5.92 Å². The van der Waals surface area contributed by atoms with E-state index in [1.165, 1.54) is 0 Å². The Kier molecular flexibility index (Phi) is 4.81. The lowest BCUT2D eigenvalue weighted by molar-refractivity contribution is 0.0465. The Morgan fingerprint density at radius 3 is 2.67 bits per heavy atom. The summed E-state index contributed by atoms with van der Waals surface area (Å²) in [6, 6.07) is 12.9. The van der Waals surface area contributed by atoms with E-state index in [9.17, 15) is 14.7 Å². The van der Waals surface area contributed by atoms with Crippen molar-refractivity contribution in [2.45, 2.75) is 25.9 Å². The number of hydrogen-bond acceptors (Lipinski definition) is 3. The zero-order valence-corrected chi connectivity index (χ0v) is 13.7. The zero-order chi connectivity index (χ0) is 17.1. The molecular formula is C19H22N2O3. The van der Waals surface area contributed by atoms with Crippen LogP contribution in [0.4, 0.5) is 0 Å². The van der Waals surface area contributed by atoms with Gasteiger partial charge in [0.15, 0.2) is 0 Å². The SMILES string of the molecule is CC(O)C1CCCN(C(=O)c2ccc(-c3ccccc3)[nH]c2=O)C1. The number of aromatic nitrogens is 1. The maximum Gasteiger partial charge on any atom is 0.261 e. The van der Waals surface area contributed by atoms with Gasteiger partial charge in [0, 0.05) is 24.7 Å². The predicted octanol–water partition coefficient (Wildman–Crippen LogP) is 2.27. The van der Waals surface area contributed by atoms with Gasteiger partial charge in [-0.3, -0.25) is 9.59 Å². The van der Waals surface area contributed by atoms with Gasteiger partial charge in [0.05, 0.1) is 6.10 Å². The molecule has 2 atom stereocenters. The highest BCUT2D eigenvalue weighted by molar-refractivity contribution is 5.94. The minimum absolute atomic E-state index is 0.0744. The Bertz CT molecular complexity index is 768. The summed E-state index contributed by atoms with van der Waals surface area (Å²) >= 11 is 0. The molecule has 1 amide bonds. The molecule has 126 valence electrons. The Morgan fingerprint density at radius 2 is 2.00 bits per heavy atom. The van der Waals surface area contributed by atoms with Crippen molar-refractivity contribution in [1.82, 2.24) is 9.88 Å². The molecule has 1 fully saturated rings. The highest BCUT2D eigenvalue weighted by Gasteiger charge is 2.28. The molecule has 0 radical (unpaired) electrons. The van der Waals surface area contributed by atoms with Crippen molar-refractivity contribution in [2.75, 3.05) is 13.1 Å². The monoisotopic (exact) mass is 326 g/mol. The summed E-state index contributed by atoms with van der Waals surface area (Å²) in [6.07, 6.45) is 1.31. The van der Waals surface area contributed by atoms with Crippen molar-refractivity contribution >= 4 is 5.91 Å². The van der Waals surface area contributed by atoms with Crippen LogP contribution in [0.25, 0.3) is 11.3 Å². The summed E-state index contributed by atoms with van der Waals surface area (Å²) in [5, 5.41) is 9.76. The van der Waals surface area contributed by atoms with E-state index in [0.29, 0.717) is 18.8 Å². The second-order valence-corrected chi connectivity index (χ2v) is 6.37. The quantitative estimate of drug-likeness (QED) is 0.909. The third kappa shape index (κ3) is 3.41. The number of H-pyrrole nitrogens is 1. The van der Waals surface area contributed by atoms with Crippen LogP contribution < -0.4 is 5.56 Å². The number of aliphatic hydroxyl groups excluding tert-OH is 1. The molecule has 1 aliphatic rings. The molecule has 2 unspecified atom stereocenters. The van der Waals surface area contributed by atoms with Gasteiger partial charge in [0.2, 0.25) is 0 Å². The molecule has 2 aromatic rings. The third-order valence-electron chi connectivity index (χ3n) is 4.65. The highest BCUT2D eigenvalue weighted by Crippen LogP contribution is 2.21. The van der Waals surface area contributed by atoms with Gasteiger partial charge in [0.1, 0.15) is 5.56 Å². The van der Waals surface area contributed by atoms with E-state index >= 15 is 0 Å². The molecule has 0 aliphatic carbocycles. The molecule has 0 bridgehead atoms. The molecule has 2 N–H and O–H groups in total. The van der Waals surface area contributed by atoms with E-state index in [2.05, 4.69) is 4.98 Å². The van der Waals surface area contributed by atoms with E-state index in [-0.39, 0.29) is 22.9 Å².